The van der Waals surface area contributed by atoms with E-state index in [9.17, 15) is 9.59 Å². The van der Waals surface area contributed by atoms with Crippen LogP contribution in [0, 0.1) is 5.92 Å². The summed E-state index contributed by atoms with van der Waals surface area (Å²) in [5.41, 5.74) is 3.70. The van der Waals surface area contributed by atoms with Gasteiger partial charge in [-0.25, -0.2) is 4.79 Å². The molecule has 0 bridgehead atoms. The van der Waals surface area contributed by atoms with Gasteiger partial charge in [-0.2, -0.15) is 0 Å². The van der Waals surface area contributed by atoms with E-state index in [-0.39, 0.29) is 5.97 Å². The summed E-state index contributed by atoms with van der Waals surface area (Å²) in [5, 5.41) is -0.659. The van der Waals surface area contributed by atoms with Crippen LogP contribution in [0.3, 0.4) is 0 Å². The molecule has 0 aromatic heterocycles. The molecule has 0 saturated heterocycles. The first-order chi connectivity index (χ1) is 18.4. The van der Waals surface area contributed by atoms with Gasteiger partial charge in [-0.15, -0.1) is 11.6 Å². The number of hydrogen-bond acceptors (Lipinski definition) is 4. The molecule has 38 heavy (non-hydrogen) atoms. The highest BCUT2D eigenvalue weighted by molar-refractivity contribution is 6.30. The van der Waals surface area contributed by atoms with Crippen molar-refractivity contribution in [1.29, 1.82) is 0 Å². The van der Waals surface area contributed by atoms with Crippen molar-refractivity contribution in [3.63, 3.8) is 0 Å². The van der Waals surface area contributed by atoms with Gasteiger partial charge in [0.25, 0.3) is 0 Å². The van der Waals surface area contributed by atoms with Crippen LogP contribution in [-0.4, -0.2) is 17.3 Å². The van der Waals surface area contributed by atoms with Crippen LogP contribution < -0.4 is 9.47 Å². The summed E-state index contributed by atoms with van der Waals surface area (Å²) in [5.74, 6) is 0.447. The van der Waals surface area contributed by atoms with E-state index in [1.807, 2.05) is 62.4 Å². The average molecular weight is 535 g/mol. The Labute approximate surface area is 232 Å². The maximum atomic E-state index is 12.6. The van der Waals surface area contributed by atoms with Gasteiger partial charge in [0.15, 0.2) is 0 Å². The third kappa shape index (κ3) is 9.64. The number of aryl methyl sites for hydroxylation is 1. The molecule has 0 saturated carbocycles. The van der Waals surface area contributed by atoms with Crippen LogP contribution in [0.1, 0.15) is 81.6 Å². The summed E-state index contributed by atoms with van der Waals surface area (Å²) in [6, 6.07) is 22.3. The van der Waals surface area contributed by atoms with Gasteiger partial charge in [-0.3, -0.25) is 4.79 Å². The molecule has 0 heterocycles. The minimum atomic E-state index is -0.659. The number of carbonyl (C=O) groups is 2. The largest absolute Gasteiger partial charge is 0.425 e. The number of unbranched alkanes of at least 4 members (excludes halogenated alkanes) is 5. The summed E-state index contributed by atoms with van der Waals surface area (Å²) in [6.07, 6.45) is 9.25. The Morgan fingerprint density at radius 1 is 0.711 bits per heavy atom. The molecule has 0 aliphatic heterocycles. The van der Waals surface area contributed by atoms with Gasteiger partial charge in [-0.05, 0) is 78.3 Å². The molecule has 202 valence electrons. The SMILES string of the molecule is CCCCCCCCc1ccc(C(=O)Oc2ccc(-c3ccc(OC(=O)[C@@H](Cl)CC(C)C)cc3)cc2)cc1. The lowest BCUT2D eigenvalue weighted by Crippen LogP contribution is -2.22. The minimum Gasteiger partial charge on any atom is -0.425 e. The molecule has 4 nitrogen and oxygen atoms in total. The molecule has 1 atom stereocenters. The molecule has 0 amide bonds. The zero-order chi connectivity index (χ0) is 27.3. The monoisotopic (exact) mass is 534 g/mol. The van der Waals surface area contributed by atoms with Gasteiger partial charge in [0, 0.05) is 0 Å². The number of hydrogen-bond donors (Lipinski definition) is 0. The standard InChI is InChI=1S/C33H39ClO4/c1-4-5-6-7-8-9-10-25-11-13-28(14-12-25)32(35)37-29-19-15-26(16-20-29)27-17-21-30(22-18-27)38-33(36)31(34)23-24(2)3/h11-22,24,31H,4-10,23H2,1-3H3/t31-/m0/s1. The predicted octanol–water partition coefficient (Wildman–Crippen LogP) is 9.03. The number of halogens is 1. The molecule has 0 aliphatic carbocycles. The van der Waals surface area contributed by atoms with Crippen LogP contribution in [0.4, 0.5) is 0 Å². The third-order valence-electron chi connectivity index (χ3n) is 6.41. The first-order valence-electron chi connectivity index (χ1n) is 13.7. The van der Waals surface area contributed by atoms with E-state index in [1.165, 1.54) is 44.1 Å². The summed E-state index contributed by atoms with van der Waals surface area (Å²) < 4.78 is 11.0. The van der Waals surface area contributed by atoms with Crippen LogP contribution in [0.15, 0.2) is 72.8 Å². The molecule has 0 spiro atoms. The Hall–Kier alpha value is -3.11. The van der Waals surface area contributed by atoms with Crippen molar-refractivity contribution in [2.45, 2.75) is 77.5 Å². The molecular weight excluding hydrogens is 496 g/mol. The van der Waals surface area contributed by atoms with Crippen molar-refractivity contribution in [2.75, 3.05) is 0 Å². The molecule has 0 unspecified atom stereocenters. The van der Waals surface area contributed by atoms with Gasteiger partial charge in [0.2, 0.25) is 0 Å². The molecule has 5 heteroatoms. The lowest BCUT2D eigenvalue weighted by atomic mass is 10.0. The first kappa shape index (κ1) is 29.4. The first-order valence-corrected chi connectivity index (χ1v) is 14.2. The van der Waals surface area contributed by atoms with E-state index in [0.717, 1.165) is 17.5 Å². The van der Waals surface area contributed by atoms with E-state index >= 15 is 0 Å². The van der Waals surface area contributed by atoms with Crippen LogP contribution >= 0.6 is 11.6 Å². The maximum Gasteiger partial charge on any atom is 0.343 e. The fourth-order valence-corrected chi connectivity index (χ4v) is 4.60. The van der Waals surface area contributed by atoms with E-state index in [2.05, 4.69) is 6.92 Å². The van der Waals surface area contributed by atoms with Gasteiger partial charge in [-0.1, -0.05) is 89.3 Å². The zero-order valence-corrected chi connectivity index (χ0v) is 23.5. The molecule has 3 aromatic carbocycles. The lowest BCUT2D eigenvalue weighted by Gasteiger charge is -2.12. The Morgan fingerprint density at radius 2 is 1.24 bits per heavy atom. The van der Waals surface area contributed by atoms with Crippen LogP contribution in [0.25, 0.3) is 11.1 Å². The fraction of sp³-hybridized carbons (Fsp3) is 0.394. The van der Waals surface area contributed by atoms with Crippen molar-refractivity contribution in [2.24, 2.45) is 5.92 Å². The molecule has 3 rings (SSSR count). The molecule has 0 N–H and O–H groups in total. The van der Waals surface area contributed by atoms with Gasteiger partial charge in [0.05, 0.1) is 5.56 Å². The van der Waals surface area contributed by atoms with Gasteiger partial charge in [0.1, 0.15) is 16.9 Å². The van der Waals surface area contributed by atoms with Crippen LogP contribution in [-0.2, 0) is 11.2 Å². The smallest absolute Gasteiger partial charge is 0.343 e. The van der Waals surface area contributed by atoms with Crippen molar-refractivity contribution in [1.82, 2.24) is 0 Å². The third-order valence-corrected chi connectivity index (χ3v) is 6.77. The second-order valence-corrected chi connectivity index (χ2v) is 10.7. The fourth-order valence-electron chi connectivity index (χ4n) is 4.20. The van der Waals surface area contributed by atoms with E-state index < -0.39 is 11.3 Å². The summed E-state index contributed by atoms with van der Waals surface area (Å²) >= 11 is 6.13. The number of carbonyl (C=O) groups excluding carboxylic acids is 2. The summed E-state index contributed by atoms with van der Waals surface area (Å²) in [4.78, 5) is 24.7. The van der Waals surface area contributed by atoms with Crippen molar-refractivity contribution in [3.8, 4) is 22.6 Å². The zero-order valence-electron chi connectivity index (χ0n) is 22.8. The average Bonchev–Trinajstić information content (AvgIpc) is 2.91. The van der Waals surface area contributed by atoms with E-state index in [1.54, 1.807) is 24.3 Å². The number of rotatable bonds is 14. The summed E-state index contributed by atoms with van der Waals surface area (Å²) in [7, 11) is 0. The molecule has 0 aliphatic rings. The molecule has 0 radical (unpaired) electrons. The highest BCUT2D eigenvalue weighted by Gasteiger charge is 2.19. The minimum absolute atomic E-state index is 0.315. The Bertz CT molecular complexity index is 1140. The second kappa shape index (κ2) is 15.3. The normalized spacial score (nSPS) is 11.8. The van der Waals surface area contributed by atoms with Gasteiger partial charge >= 0.3 is 11.9 Å². The topological polar surface area (TPSA) is 52.6 Å². The molecule has 0 fully saturated rings. The van der Waals surface area contributed by atoms with Crippen LogP contribution in [0.5, 0.6) is 11.5 Å². The number of ether oxygens (including phenoxy) is 2. The van der Waals surface area contributed by atoms with Crippen LogP contribution in [0.2, 0.25) is 0 Å². The molecule has 3 aromatic rings. The lowest BCUT2D eigenvalue weighted by molar-refractivity contribution is -0.134. The van der Waals surface area contributed by atoms with Gasteiger partial charge < -0.3 is 9.47 Å². The van der Waals surface area contributed by atoms with Crippen molar-refractivity contribution >= 4 is 23.5 Å². The van der Waals surface area contributed by atoms with Crippen molar-refractivity contribution < 1.29 is 19.1 Å². The quantitative estimate of drug-likeness (QED) is 0.0895. The number of alkyl halides is 1. The highest BCUT2D eigenvalue weighted by Crippen LogP contribution is 2.26. The Kier molecular flexibility index (Phi) is 11.9. The number of benzene rings is 3. The van der Waals surface area contributed by atoms with E-state index in [0.29, 0.717) is 29.4 Å². The Morgan fingerprint density at radius 3 is 1.79 bits per heavy atom. The van der Waals surface area contributed by atoms with Crippen molar-refractivity contribution in [3.05, 3.63) is 83.9 Å². The molecular formula is C33H39ClO4. The predicted molar refractivity (Wildman–Crippen MR) is 155 cm³/mol. The van der Waals surface area contributed by atoms with E-state index in [4.69, 9.17) is 21.1 Å². The highest BCUT2D eigenvalue weighted by atomic mass is 35.5. The maximum absolute atomic E-state index is 12.6. The summed E-state index contributed by atoms with van der Waals surface area (Å²) in [6.45, 7) is 6.26. The second-order valence-electron chi connectivity index (χ2n) is 10.2. The Balaban J connectivity index is 1.49. The number of esters is 2.